The Kier molecular flexibility index (Phi) is 7.54. The van der Waals surface area contributed by atoms with Crippen LogP contribution in [0.15, 0.2) is 46.8 Å². The van der Waals surface area contributed by atoms with Gasteiger partial charge in [-0.2, -0.15) is 0 Å². The van der Waals surface area contributed by atoms with Crippen LogP contribution in [0.3, 0.4) is 0 Å². The number of anilines is 1. The smallest absolute Gasteiger partial charge is 0.406 e. The van der Waals surface area contributed by atoms with Crippen molar-refractivity contribution in [2.45, 2.75) is 25.6 Å². The normalized spacial score (nSPS) is 12.4. The molecule has 2 rings (SSSR count). The highest BCUT2D eigenvalue weighted by atomic mass is 127. The summed E-state index contributed by atoms with van der Waals surface area (Å²) in [6, 6.07) is 9.32. The standard InChI is InChI=1S/C16H18F3N3OS.HI/c1-15(2,13-4-3-9-24-13)10-21-14(20)22-11-5-7-12(8-6-11)23-16(17,18)19;/h3-9H,10H2,1-2H3,(H3,20,21,22);1H. The summed E-state index contributed by atoms with van der Waals surface area (Å²) in [5.74, 6) is -0.0912. The molecule has 0 unspecified atom stereocenters. The van der Waals surface area contributed by atoms with Gasteiger partial charge >= 0.3 is 6.36 Å². The Morgan fingerprint density at radius 3 is 2.36 bits per heavy atom. The van der Waals surface area contributed by atoms with Crippen LogP contribution in [0.1, 0.15) is 18.7 Å². The molecule has 0 radical (unpaired) electrons. The Hall–Kier alpha value is -1.49. The molecule has 9 heteroatoms. The molecule has 1 heterocycles. The summed E-state index contributed by atoms with van der Waals surface area (Å²) in [6.45, 7) is 4.62. The quantitative estimate of drug-likeness (QED) is 0.357. The molecule has 0 saturated carbocycles. The van der Waals surface area contributed by atoms with Gasteiger partial charge in [0.25, 0.3) is 0 Å². The van der Waals surface area contributed by atoms with Gasteiger partial charge in [0.05, 0.1) is 6.54 Å². The summed E-state index contributed by atoms with van der Waals surface area (Å²) in [5.41, 5.74) is 6.22. The van der Waals surface area contributed by atoms with Crippen LogP contribution < -0.4 is 15.8 Å². The van der Waals surface area contributed by atoms with E-state index in [9.17, 15) is 13.2 Å². The van der Waals surface area contributed by atoms with Crippen molar-refractivity contribution in [2.24, 2.45) is 10.7 Å². The van der Waals surface area contributed by atoms with Gasteiger partial charge in [0.15, 0.2) is 5.96 Å². The first-order chi connectivity index (χ1) is 11.2. The Bertz CT molecular complexity index is 686. The molecule has 2 aromatic rings. The van der Waals surface area contributed by atoms with E-state index < -0.39 is 6.36 Å². The van der Waals surface area contributed by atoms with E-state index in [0.717, 1.165) is 0 Å². The zero-order valence-electron chi connectivity index (χ0n) is 13.6. The summed E-state index contributed by atoms with van der Waals surface area (Å²) in [7, 11) is 0. The number of nitrogens with two attached hydrogens (primary N) is 1. The maximum absolute atomic E-state index is 12.1. The lowest BCUT2D eigenvalue weighted by Crippen LogP contribution is -2.27. The maximum Gasteiger partial charge on any atom is 0.573 e. The fraction of sp³-hybridized carbons (Fsp3) is 0.312. The molecule has 0 atom stereocenters. The number of thiophene rings is 1. The van der Waals surface area contributed by atoms with Crippen molar-refractivity contribution in [2.75, 3.05) is 11.9 Å². The predicted octanol–water partition coefficient (Wildman–Crippen LogP) is 4.97. The number of alkyl halides is 3. The largest absolute Gasteiger partial charge is 0.573 e. The minimum absolute atomic E-state index is 0. The molecule has 0 bridgehead atoms. The lowest BCUT2D eigenvalue weighted by Gasteiger charge is -2.21. The fourth-order valence-corrected chi connectivity index (χ4v) is 2.80. The third kappa shape index (κ3) is 7.10. The molecule has 0 aliphatic rings. The van der Waals surface area contributed by atoms with E-state index >= 15 is 0 Å². The van der Waals surface area contributed by atoms with E-state index in [2.05, 4.69) is 28.9 Å². The summed E-state index contributed by atoms with van der Waals surface area (Å²) >= 11 is 1.66. The van der Waals surface area contributed by atoms with Crippen molar-refractivity contribution in [3.8, 4) is 5.75 Å². The van der Waals surface area contributed by atoms with Gasteiger partial charge in [-0.15, -0.1) is 48.5 Å². The van der Waals surface area contributed by atoms with Crippen LogP contribution in [0.25, 0.3) is 0 Å². The first-order valence-electron chi connectivity index (χ1n) is 7.12. The number of halogens is 4. The molecule has 1 aromatic carbocycles. The van der Waals surface area contributed by atoms with Crippen molar-refractivity contribution >= 4 is 47.0 Å². The monoisotopic (exact) mass is 485 g/mol. The first-order valence-corrected chi connectivity index (χ1v) is 8.00. The zero-order chi connectivity index (χ0) is 17.8. The minimum Gasteiger partial charge on any atom is -0.406 e. The van der Waals surface area contributed by atoms with Gasteiger partial charge in [-0.05, 0) is 35.7 Å². The van der Waals surface area contributed by atoms with Crippen LogP contribution in [-0.2, 0) is 5.41 Å². The van der Waals surface area contributed by atoms with Gasteiger partial charge in [0.1, 0.15) is 5.75 Å². The molecule has 4 nitrogen and oxygen atoms in total. The Balaban J connectivity index is 0.00000312. The third-order valence-electron chi connectivity index (χ3n) is 3.19. The molecule has 25 heavy (non-hydrogen) atoms. The molecular formula is C16H19F3IN3OS. The number of hydrogen-bond donors (Lipinski definition) is 2. The van der Waals surface area contributed by atoms with Crippen molar-refractivity contribution in [3.05, 3.63) is 46.7 Å². The molecule has 0 spiro atoms. The summed E-state index contributed by atoms with van der Waals surface area (Å²) in [5, 5.41) is 4.85. The van der Waals surface area contributed by atoms with Crippen LogP contribution >= 0.6 is 35.3 Å². The van der Waals surface area contributed by atoms with Gasteiger partial charge in [0, 0.05) is 16.0 Å². The van der Waals surface area contributed by atoms with Gasteiger partial charge in [-0.3, -0.25) is 4.99 Å². The highest BCUT2D eigenvalue weighted by Gasteiger charge is 2.30. The molecule has 138 valence electrons. The van der Waals surface area contributed by atoms with Crippen LogP contribution in [0.4, 0.5) is 18.9 Å². The number of nitrogens with zero attached hydrogens (tertiary/aromatic N) is 1. The average Bonchev–Trinajstić information content (AvgIpc) is 3.01. The van der Waals surface area contributed by atoms with Crippen molar-refractivity contribution in [1.29, 1.82) is 0 Å². The lowest BCUT2D eigenvalue weighted by atomic mass is 9.92. The topological polar surface area (TPSA) is 59.6 Å². The number of guanidine groups is 1. The number of ether oxygens (including phenoxy) is 1. The van der Waals surface area contributed by atoms with Gasteiger partial charge in [-0.1, -0.05) is 19.9 Å². The van der Waals surface area contributed by atoms with Gasteiger partial charge < -0.3 is 15.8 Å². The zero-order valence-corrected chi connectivity index (χ0v) is 16.8. The van der Waals surface area contributed by atoms with E-state index in [4.69, 9.17) is 5.73 Å². The lowest BCUT2D eigenvalue weighted by molar-refractivity contribution is -0.274. The molecule has 3 N–H and O–H groups in total. The maximum atomic E-state index is 12.1. The molecule has 0 amide bonds. The van der Waals surface area contributed by atoms with Crippen molar-refractivity contribution in [1.82, 2.24) is 0 Å². The predicted molar refractivity (Wildman–Crippen MR) is 106 cm³/mol. The second kappa shape index (κ2) is 8.75. The molecule has 0 aliphatic heterocycles. The van der Waals surface area contributed by atoms with Crippen LogP contribution in [0.2, 0.25) is 0 Å². The Morgan fingerprint density at radius 1 is 1.20 bits per heavy atom. The third-order valence-corrected chi connectivity index (χ3v) is 4.43. The number of aliphatic imine (C=N–C) groups is 1. The second-order valence-electron chi connectivity index (χ2n) is 5.76. The molecular weight excluding hydrogens is 466 g/mol. The van der Waals surface area contributed by atoms with E-state index in [1.807, 2.05) is 17.5 Å². The number of hydrogen-bond acceptors (Lipinski definition) is 3. The van der Waals surface area contributed by atoms with Crippen LogP contribution in [0.5, 0.6) is 5.75 Å². The summed E-state index contributed by atoms with van der Waals surface area (Å²) in [6.07, 6.45) is -4.71. The van der Waals surface area contributed by atoms with E-state index in [1.165, 1.54) is 29.1 Å². The van der Waals surface area contributed by atoms with E-state index in [0.29, 0.717) is 12.2 Å². The molecule has 1 aromatic heterocycles. The summed E-state index contributed by atoms with van der Waals surface area (Å²) < 4.78 is 40.1. The van der Waals surface area contributed by atoms with Crippen molar-refractivity contribution in [3.63, 3.8) is 0 Å². The SMILES string of the molecule is CC(C)(CN=C(N)Nc1ccc(OC(F)(F)F)cc1)c1cccs1.I. The Morgan fingerprint density at radius 2 is 1.84 bits per heavy atom. The van der Waals surface area contributed by atoms with Gasteiger partial charge in [0.2, 0.25) is 0 Å². The minimum atomic E-state index is -4.71. The highest BCUT2D eigenvalue weighted by molar-refractivity contribution is 14.0. The van der Waals surface area contributed by atoms with E-state index in [-0.39, 0.29) is 41.1 Å². The van der Waals surface area contributed by atoms with Crippen LogP contribution in [-0.4, -0.2) is 18.9 Å². The van der Waals surface area contributed by atoms with Gasteiger partial charge in [-0.25, -0.2) is 0 Å². The second-order valence-corrected chi connectivity index (χ2v) is 6.71. The Labute approximate surface area is 165 Å². The summed E-state index contributed by atoms with van der Waals surface area (Å²) in [4.78, 5) is 5.51. The number of benzene rings is 1. The average molecular weight is 485 g/mol. The van der Waals surface area contributed by atoms with Crippen molar-refractivity contribution < 1.29 is 17.9 Å². The highest BCUT2D eigenvalue weighted by Crippen LogP contribution is 2.28. The van der Waals surface area contributed by atoms with Crippen LogP contribution in [0, 0.1) is 0 Å². The number of nitrogens with one attached hydrogen (secondary N) is 1. The molecule has 0 fully saturated rings. The fourth-order valence-electron chi connectivity index (χ4n) is 1.95. The molecule has 0 aliphatic carbocycles. The molecule has 0 saturated heterocycles. The number of rotatable bonds is 5. The first kappa shape index (κ1) is 21.6. The van der Waals surface area contributed by atoms with E-state index in [1.54, 1.807) is 11.3 Å².